The quantitative estimate of drug-likeness (QED) is 0.676. The first-order valence-corrected chi connectivity index (χ1v) is 8.89. The van der Waals surface area contributed by atoms with Gasteiger partial charge in [0.2, 0.25) is 5.95 Å². The van der Waals surface area contributed by atoms with Gasteiger partial charge in [0.05, 0.1) is 0 Å². The summed E-state index contributed by atoms with van der Waals surface area (Å²) in [4.78, 5) is 24.4. The van der Waals surface area contributed by atoms with Crippen LogP contribution in [0.1, 0.15) is 43.6 Å². The Bertz CT molecular complexity index is 1000. The number of aromatic nitrogens is 3. The maximum atomic E-state index is 12.2. The number of aromatic amines is 1. The number of hydrogen-bond acceptors (Lipinski definition) is 4. The number of nitrogens with zero attached hydrogens (tertiary/aromatic N) is 2. The molecule has 3 aromatic rings. The number of nitrogens with one attached hydrogen (secondary N) is 3. The van der Waals surface area contributed by atoms with Gasteiger partial charge in [-0.3, -0.25) is 4.79 Å². The van der Waals surface area contributed by atoms with Crippen molar-refractivity contribution in [2.24, 2.45) is 0 Å². The topological polar surface area (TPSA) is 82.7 Å². The Kier molecular flexibility index (Phi) is 3.72. The lowest BCUT2D eigenvalue weighted by Crippen LogP contribution is -2.43. The fraction of sp³-hybridized carbons (Fsp3) is 0.350. The van der Waals surface area contributed by atoms with Gasteiger partial charge in [0, 0.05) is 46.9 Å². The molecule has 1 aromatic carbocycles. The standard InChI is InChI=1S/C20H23N5O/c1-11(2)24-19-22-9-15-14(8-21-17(15)25-19)12-5-6-13-16(7-12)20(3,4)10-23-18(13)26/h5-9,11H,10H2,1-4H3,(H,23,26)(H2,21,22,24,25). The van der Waals surface area contributed by atoms with Gasteiger partial charge in [-0.1, -0.05) is 19.9 Å². The number of anilines is 1. The molecule has 0 saturated carbocycles. The second-order valence-electron chi connectivity index (χ2n) is 7.78. The SMILES string of the molecule is CC(C)Nc1ncc2c(-c3ccc4c(c3)C(C)(C)CNC4=O)c[nH]c2n1. The molecule has 1 aliphatic rings. The van der Waals surface area contributed by atoms with E-state index in [1.54, 1.807) is 0 Å². The lowest BCUT2D eigenvalue weighted by molar-refractivity contribution is 0.0930. The van der Waals surface area contributed by atoms with Crippen LogP contribution in [0, 0.1) is 0 Å². The smallest absolute Gasteiger partial charge is 0.251 e. The van der Waals surface area contributed by atoms with E-state index in [1.165, 1.54) is 0 Å². The summed E-state index contributed by atoms with van der Waals surface area (Å²) in [6.45, 7) is 9.05. The average molecular weight is 349 g/mol. The highest BCUT2D eigenvalue weighted by atomic mass is 16.1. The van der Waals surface area contributed by atoms with Gasteiger partial charge < -0.3 is 15.6 Å². The molecule has 1 amide bonds. The second-order valence-corrected chi connectivity index (χ2v) is 7.78. The van der Waals surface area contributed by atoms with E-state index in [2.05, 4.69) is 59.3 Å². The lowest BCUT2D eigenvalue weighted by Gasteiger charge is -2.32. The molecule has 0 saturated heterocycles. The zero-order chi connectivity index (χ0) is 18.5. The van der Waals surface area contributed by atoms with Crippen molar-refractivity contribution in [3.63, 3.8) is 0 Å². The highest BCUT2D eigenvalue weighted by Crippen LogP contribution is 2.35. The molecule has 3 heterocycles. The largest absolute Gasteiger partial charge is 0.352 e. The Morgan fingerprint density at radius 1 is 1.23 bits per heavy atom. The molecule has 0 bridgehead atoms. The zero-order valence-electron chi connectivity index (χ0n) is 15.5. The number of carbonyl (C=O) groups is 1. The maximum Gasteiger partial charge on any atom is 0.251 e. The first-order chi connectivity index (χ1) is 12.3. The third-order valence-electron chi connectivity index (χ3n) is 4.85. The molecule has 0 fully saturated rings. The minimum absolute atomic E-state index is 0.00228. The van der Waals surface area contributed by atoms with Crippen LogP contribution in [-0.2, 0) is 5.41 Å². The van der Waals surface area contributed by atoms with Gasteiger partial charge in [-0.2, -0.15) is 4.98 Å². The predicted molar refractivity (Wildman–Crippen MR) is 103 cm³/mol. The predicted octanol–water partition coefficient (Wildman–Crippen LogP) is 3.47. The van der Waals surface area contributed by atoms with E-state index in [9.17, 15) is 4.79 Å². The van der Waals surface area contributed by atoms with Crippen molar-refractivity contribution < 1.29 is 4.79 Å². The molecule has 134 valence electrons. The van der Waals surface area contributed by atoms with Crippen LogP contribution < -0.4 is 10.6 Å². The van der Waals surface area contributed by atoms with Gasteiger partial charge >= 0.3 is 0 Å². The molecule has 0 atom stereocenters. The van der Waals surface area contributed by atoms with Crippen LogP contribution in [0.15, 0.2) is 30.6 Å². The summed E-state index contributed by atoms with van der Waals surface area (Å²) in [6, 6.07) is 6.30. The van der Waals surface area contributed by atoms with Crippen LogP contribution >= 0.6 is 0 Å². The molecule has 3 N–H and O–H groups in total. The van der Waals surface area contributed by atoms with Crippen molar-refractivity contribution in [2.75, 3.05) is 11.9 Å². The van der Waals surface area contributed by atoms with E-state index >= 15 is 0 Å². The summed E-state index contributed by atoms with van der Waals surface area (Å²) >= 11 is 0. The van der Waals surface area contributed by atoms with Crippen LogP contribution in [-0.4, -0.2) is 33.4 Å². The minimum Gasteiger partial charge on any atom is -0.352 e. The van der Waals surface area contributed by atoms with Crippen LogP contribution in [0.5, 0.6) is 0 Å². The number of rotatable bonds is 3. The maximum absolute atomic E-state index is 12.2. The summed E-state index contributed by atoms with van der Waals surface area (Å²) < 4.78 is 0. The number of H-pyrrole nitrogens is 1. The number of fused-ring (bicyclic) bond motifs is 2. The first-order valence-electron chi connectivity index (χ1n) is 8.89. The van der Waals surface area contributed by atoms with Gasteiger partial charge in [0.25, 0.3) is 5.91 Å². The van der Waals surface area contributed by atoms with Crippen LogP contribution in [0.25, 0.3) is 22.2 Å². The highest BCUT2D eigenvalue weighted by Gasteiger charge is 2.31. The van der Waals surface area contributed by atoms with E-state index in [4.69, 9.17) is 0 Å². The van der Waals surface area contributed by atoms with E-state index in [0.717, 1.165) is 33.3 Å². The third-order valence-corrected chi connectivity index (χ3v) is 4.85. The average Bonchev–Trinajstić information content (AvgIpc) is 3.01. The Morgan fingerprint density at radius 2 is 2.04 bits per heavy atom. The molecule has 6 nitrogen and oxygen atoms in total. The van der Waals surface area contributed by atoms with Crippen LogP contribution in [0.2, 0.25) is 0 Å². The van der Waals surface area contributed by atoms with Crippen molar-refractivity contribution >= 4 is 22.9 Å². The molecule has 0 spiro atoms. The number of hydrogen-bond donors (Lipinski definition) is 3. The van der Waals surface area contributed by atoms with E-state index in [1.807, 2.05) is 24.5 Å². The van der Waals surface area contributed by atoms with Gasteiger partial charge in [-0.05, 0) is 37.1 Å². The fourth-order valence-electron chi connectivity index (χ4n) is 3.44. The van der Waals surface area contributed by atoms with E-state index in [-0.39, 0.29) is 17.4 Å². The monoisotopic (exact) mass is 349 g/mol. The molecule has 0 aliphatic carbocycles. The van der Waals surface area contributed by atoms with Crippen molar-refractivity contribution in [3.05, 3.63) is 41.7 Å². The highest BCUT2D eigenvalue weighted by molar-refractivity contribution is 5.99. The van der Waals surface area contributed by atoms with Crippen molar-refractivity contribution in [2.45, 2.75) is 39.2 Å². The summed E-state index contributed by atoms with van der Waals surface area (Å²) in [5.74, 6) is 0.613. The summed E-state index contributed by atoms with van der Waals surface area (Å²) in [6.07, 6.45) is 3.80. The fourth-order valence-corrected chi connectivity index (χ4v) is 3.44. The molecule has 4 rings (SSSR count). The van der Waals surface area contributed by atoms with E-state index in [0.29, 0.717) is 12.5 Å². The number of carbonyl (C=O) groups excluding carboxylic acids is 1. The Labute approximate surface area is 152 Å². The molecule has 0 radical (unpaired) electrons. The lowest BCUT2D eigenvalue weighted by atomic mass is 9.78. The van der Waals surface area contributed by atoms with Gasteiger partial charge in [-0.25, -0.2) is 4.98 Å². The molecule has 1 aliphatic heterocycles. The first kappa shape index (κ1) is 16.6. The van der Waals surface area contributed by atoms with Crippen LogP contribution in [0.4, 0.5) is 5.95 Å². The minimum atomic E-state index is -0.101. The number of benzene rings is 1. The molecule has 26 heavy (non-hydrogen) atoms. The molecular weight excluding hydrogens is 326 g/mol. The summed E-state index contributed by atoms with van der Waals surface area (Å²) in [5, 5.41) is 7.15. The van der Waals surface area contributed by atoms with Gasteiger partial charge in [0.1, 0.15) is 5.65 Å². The zero-order valence-corrected chi connectivity index (χ0v) is 15.5. The van der Waals surface area contributed by atoms with Crippen molar-refractivity contribution in [1.82, 2.24) is 20.3 Å². The number of amides is 1. The molecule has 2 aromatic heterocycles. The summed E-state index contributed by atoms with van der Waals surface area (Å²) in [7, 11) is 0. The van der Waals surface area contributed by atoms with Crippen molar-refractivity contribution in [1.29, 1.82) is 0 Å². The molecule has 6 heteroatoms. The second kappa shape index (κ2) is 5.83. The van der Waals surface area contributed by atoms with E-state index < -0.39 is 0 Å². The summed E-state index contributed by atoms with van der Waals surface area (Å²) in [5.41, 5.74) is 4.63. The normalized spacial score (nSPS) is 15.8. The van der Waals surface area contributed by atoms with Gasteiger partial charge in [0.15, 0.2) is 0 Å². The Hall–Kier alpha value is -2.89. The Balaban J connectivity index is 1.80. The molecule has 0 unspecified atom stereocenters. The third kappa shape index (κ3) is 2.71. The van der Waals surface area contributed by atoms with Crippen LogP contribution in [0.3, 0.4) is 0 Å². The van der Waals surface area contributed by atoms with Crippen molar-refractivity contribution in [3.8, 4) is 11.1 Å². The van der Waals surface area contributed by atoms with Gasteiger partial charge in [-0.15, -0.1) is 0 Å². The Morgan fingerprint density at radius 3 is 2.81 bits per heavy atom. The molecular formula is C20H23N5O.